The number of benzene rings is 2. The first-order valence-electron chi connectivity index (χ1n) is 10.5. The summed E-state index contributed by atoms with van der Waals surface area (Å²) in [6, 6.07) is 11.1. The summed E-state index contributed by atoms with van der Waals surface area (Å²) in [5, 5.41) is 0.679. The molecule has 0 spiro atoms. The van der Waals surface area contributed by atoms with Gasteiger partial charge in [0.1, 0.15) is 12.2 Å². The lowest BCUT2D eigenvalue weighted by molar-refractivity contribution is 0.0473. The van der Waals surface area contributed by atoms with Crippen molar-refractivity contribution < 1.29 is 23.5 Å². The third kappa shape index (κ3) is 4.06. The fourth-order valence-corrected chi connectivity index (χ4v) is 3.69. The van der Waals surface area contributed by atoms with Crippen LogP contribution in [-0.4, -0.2) is 29.2 Å². The van der Waals surface area contributed by atoms with E-state index in [0.717, 1.165) is 5.56 Å². The second-order valence-corrected chi connectivity index (χ2v) is 8.37. The summed E-state index contributed by atoms with van der Waals surface area (Å²) in [7, 11) is 0. The van der Waals surface area contributed by atoms with E-state index in [0.29, 0.717) is 35.4 Å². The molecule has 0 N–H and O–H groups in total. The van der Waals surface area contributed by atoms with Crippen molar-refractivity contribution in [2.24, 2.45) is 5.92 Å². The van der Waals surface area contributed by atoms with Gasteiger partial charge in [-0.25, -0.2) is 9.59 Å². The minimum atomic E-state index is -0.651. The van der Waals surface area contributed by atoms with Crippen molar-refractivity contribution in [2.45, 2.75) is 33.8 Å². The molecule has 2 heterocycles. The average molecular weight is 433 g/mol. The largest absolute Gasteiger partial charge is 0.457 e. The monoisotopic (exact) mass is 433 g/mol. The number of esters is 1. The number of carbonyl (C=O) groups is 3. The van der Waals surface area contributed by atoms with E-state index in [1.807, 2.05) is 32.9 Å². The van der Waals surface area contributed by atoms with Crippen molar-refractivity contribution in [3.63, 3.8) is 0 Å². The maximum Gasteiger partial charge on any atom is 0.338 e. The molecule has 0 unspecified atom stereocenters. The average Bonchev–Trinajstić information content (AvgIpc) is 2.99. The van der Waals surface area contributed by atoms with Crippen LogP contribution in [0.5, 0.6) is 0 Å². The molecule has 0 bridgehead atoms. The van der Waals surface area contributed by atoms with Crippen molar-refractivity contribution in [2.75, 3.05) is 6.54 Å². The number of amides is 2. The summed E-state index contributed by atoms with van der Waals surface area (Å²) in [5.74, 6) is -1.04. The second-order valence-electron chi connectivity index (χ2n) is 8.37. The molecule has 0 saturated heterocycles. The zero-order valence-corrected chi connectivity index (χ0v) is 18.1. The number of hydrogen-bond donors (Lipinski definition) is 0. The fourth-order valence-electron chi connectivity index (χ4n) is 3.69. The number of carbonyl (C=O) groups excluding carboxylic acids is 3. The lowest BCUT2D eigenvalue weighted by Gasteiger charge is -2.14. The molecule has 0 aliphatic carbocycles. The van der Waals surface area contributed by atoms with Crippen molar-refractivity contribution >= 4 is 28.8 Å². The highest BCUT2D eigenvalue weighted by Gasteiger charge is 2.35. The molecule has 4 rings (SSSR count). The predicted octanol–water partition coefficient (Wildman–Crippen LogP) is 4.10. The van der Waals surface area contributed by atoms with Crippen LogP contribution in [0.2, 0.25) is 0 Å². The van der Waals surface area contributed by atoms with Gasteiger partial charge in [-0.3, -0.25) is 14.5 Å². The van der Waals surface area contributed by atoms with Gasteiger partial charge in [0.2, 0.25) is 0 Å². The maximum atomic E-state index is 12.7. The molecular weight excluding hydrogens is 410 g/mol. The van der Waals surface area contributed by atoms with E-state index < -0.39 is 17.5 Å². The summed E-state index contributed by atoms with van der Waals surface area (Å²) in [6.07, 6.45) is 0.707. The van der Waals surface area contributed by atoms with Crippen LogP contribution in [0.4, 0.5) is 0 Å². The first-order valence-corrected chi connectivity index (χ1v) is 10.5. The summed E-state index contributed by atoms with van der Waals surface area (Å²) < 4.78 is 10.6. The van der Waals surface area contributed by atoms with Crippen LogP contribution in [0.1, 0.15) is 62.5 Å². The Morgan fingerprint density at radius 3 is 2.50 bits per heavy atom. The third-order valence-corrected chi connectivity index (χ3v) is 5.48. The lowest BCUT2D eigenvalue weighted by Crippen LogP contribution is -2.31. The van der Waals surface area contributed by atoms with E-state index in [1.54, 1.807) is 6.07 Å². The minimum absolute atomic E-state index is 0.130. The highest BCUT2D eigenvalue weighted by molar-refractivity contribution is 6.21. The van der Waals surface area contributed by atoms with Gasteiger partial charge in [0.05, 0.1) is 16.7 Å². The van der Waals surface area contributed by atoms with Crippen molar-refractivity contribution in [3.8, 4) is 0 Å². The molecule has 1 aliphatic rings. The third-order valence-electron chi connectivity index (χ3n) is 5.48. The van der Waals surface area contributed by atoms with E-state index in [9.17, 15) is 19.2 Å². The number of ether oxygens (including phenoxy) is 1. The molecule has 0 atom stereocenters. The molecular formula is C25H23NO6. The fraction of sp³-hybridized carbons (Fsp3) is 0.280. The highest BCUT2D eigenvalue weighted by atomic mass is 16.5. The number of rotatable bonds is 6. The Morgan fingerprint density at radius 1 is 1.00 bits per heavy atom. The number of nitrogens with zero attached hydrogens (tertiary/aromatic N) is 1. The van der Waals surface area contributed by atoms with Gasteiger partial charge in [-0.15, -0.1) is 0 Å². The van der Waals surface area contributed by atoms with Crippen molar-refractivity contribution in [3.05, 3.63) is 80.7 Å². The van der Waals surface area contributed by atoms with Gasteiger partial charge >= 0.3 is 11.6 Å². The van der Waals surface area contributed by atoms with Crippen LogP contribution in [-0.2, 0) is 11.3 Å². The van der Waals surface area contributed by atoms with Gasteiger partial charge in [0, 0.05) is 23.6 Å². The Morgan fingerprint density at radius 2 is 1.75 bits per heavy atom. The summed E-state index contributed by atoms with van der Waals surface area (Å²) in [6.45, 7) is 6.14. The van der Waals surface area contributed by atoms with Crippen LogP contribution < -0.4 is 5.63 Å². The van der Waals surface area contributed by atoms with E-state index in [-0.39, 0.29) is 29.2 Å². The molecule has 0 radical (unpaired) electrons. The first kappa shape index (κ1) is 21.5. The maximum absolute atomic E-state index is 12.7. The Labute approximate surface area is 184 Å². The standard InChI is InChI=1S/C25H23NO6/c1-14(2)8-9-26-23(28)19-7-5-16(11-20(19)24(26)29)25(30)31-13-17-12-22(27)32-21-10-15(3)4-6-18(17)21/h4-7,10-12,14H,8-9,13H2,1-3H3. The predicted molar refractivity (Wildman–Crippen MR) is 118 cm³/mol. The van der Waals surface area contributed by atoms with E-state index >= 15 is 0 Å². The quantitative estimate of drug-likeness (QED) is 0.330. The molecule has 2 amide bonds. The van der Waals surface area contributed by atoms with E-state index in [2.05, 4.69) is 0 Å². The SMILES string of the molecule is Cc1ccc2c(COC(=O)c3ccc4c(c3)C(=O)N(CCC(C)C)C4=O)cc(=O)oc2c1. The minimum Gasteiger partial charge on any atom is -0.457 e. The lowest BCUT2D eigenvalue weighted by atomic mass is 10.1. The summed E-state index contributed by atoms with van der Waals surface area (Å²) >= 11 is 0. The Bertz CT molecular complexity index is 1300. The van der Waals surface area contributed by atoms with Gasteiger partial charge in [0.25, 0.3) is 11.8 Å². The van der Waals surface area contributed by atoms with Gasteiger partial charge < -0.3 is 9.15 Å². The molecule has 32 heavy (non-hydrogen) atoms. The molecule has 1 aliphatic heterocycles. The van der Waals surface area contributed by atoms with Gasteiger partial charge in [-0.1, -0.05) is 26.0 Å². The highest BCUT2D eigenvalue weighted by Crippen LogP contribution is 2.26. The van der Waals surface area contributed by atoms with Crippen LogP contribution in [0.15, 0.2) is 51.7 Å². The van der Waals surface area contributed by atoms with Gasteiger partial charge in [-0.05, 0) is 49.1 Å². The zero-order valence-electron chi connectivity index (χ0n) is 18.1. The summed E-state index contributed by atoms with van der Waals surface area (Å²) in [4.78, 5) is 51.0. The normalized spacial score (nSPS) is 13.2. The van der Waals surface area contributed by atoms with Crippen LogP contribution >= 0.6 is 0 Å². The Kier molecular flexibility index (Phi) is 5.65. The van der Waals surface area contributed by atoms with Gasteiger partial charge in [0.15, 0.2) is 0 Å². The Hall–Kier alpha value is -3.74. The molecule has 7 nitrogen and oxygen atoms in total. The van der Waals surface area contributed by atoms with E-state index in [4.69, 9.17) is 9.15 Å². The summed E-state index contributed by atoms with van der Waals surface area (Å²) in [5.41, 5.74) is 2.01. The zero-order chi connectivity index (χ0) is 23.0. The number of aryl methyl sites for hydroxylation is 1. The molecule has 2 aromatic carbocycles. The second kappa shape index (κ2) is 8.42. The Balaban J connectivity index is 1.53. The smallest absolute Gasteiger partial charge is 0.338 e. The van der Waals surface area contributed by atoms with Crippen LogP contribution in [0.3, 0.4) is 0 Å². The molecule has 0 saturated carbocycles. The topological polar surface area (TPSA) is 93.9 Å². The molecule has 0 fully saturated rings. The van der Waals surface area contributed by atoms with Crippen molar-refractivity contribution in [1.82, 2.24) is 4.90 Å². The number of fused-ring (bicyclic) bond motifs is 2. The molecule has 1 aromatic heterocycles. The molecule has 7 heteroatoms. The number of hydrogen-bond acceptors (Lipinski definition) is 6. The van der Waals surface area contributed by atoms with E-state index in [1.165, 1.54) is 29.2 Å². The molecule has 3 aromatic rings. The van der Waals surface area contributed by atoms with Crippen LogP contribution in [0.25, 0.3) is 11.0 Å². The first-order chi connectivity index (χ1) is 15.2. The molecule has 164 valence electrons. The van der Waals surface area contributed by atoms with Crippen molar-refractivity contribution in [1.29, 1.82) is 0 Å². The van der Waals surface area contributed by atoms with Gasteiger partial charge in [-0.2, -0.15) is 0 Å². The van der Waals surface area contributed by atoms with Crippen LogP contribution in [0, 0.1) is 12.8 Å². The number of imide groups is 1.